The first-order valence-electron chi connectivity index (χ1n) is 9.96. The summed E-state index contributed by atoms with van der Waals surface area (Å²) in [5.41, 5.74) is 2.99. The van der Waals surface area contributed by atoms with E-state index < -0.39 is 5.60 Å². The molecule has 28 heavy (non-hydrogen) atoms. The predicted octanol–water partition coefficient (Wildman–Crippen LogP) is 2.20. The molecule has 1 N–H and O–H groups in total. The number of nitrogens with zero attached hydrogens (tertiary/aromatic N) is 4. The molecule has 1 saturated carbocycles. The molecule has 0 spiro atoms. The highest BCUT2D eigenvalue weighted by molar-refractivity contribution is 6.61. The fraction of sp³-hybridized carbons (Fsp3) is 0.429. The molecule has 2 aromatic heterocycles. The summed E-state index contributed by atoms with van der Waals surface area (Å²) in [5.74, 6) is 1.47. The first-order valence-corrected chi connectivity index (χ1v) is 9.96. The van der Waals surface area contributed by atoms with Crippen LogP contribution in [0.2, 0.25) is 6.82 Å². The molecule has 1 aromatic carbocycles. The van der Waals surface area contributed by atoms with Crippen LogP contribution >= 0.6 is 0 Å². The van der Waals surface area contributed by atoms with Crippen LogP contribution in [0.1, 0.15) is 31.0 Å². The van der Waals surface area contributed by atoms with E-state index in [4.69, 9.17) is 7.85 Å². The zero-order chi connectivity index (χ0) is 19.9. The van der Waals surface area contributed by atoms with Gasteiger partial charge in [0, 0.05) is 24.5 Å². The lowest BCUT2D eigenvalue weighted by atomic mass is 9.57. The molecule has 4 rings (SSSR count). The van der Waals surface area contributed by atoms with Gasteiger partial charge in [0.25, 0.3) is 6.85 Å². The standard InChI is InChI=1S/C21H26B2N4O/c1-15-9-19(27-20(25-15)18(22)13-24-27)26(14-17-10-21(2,28)11-17)23(3)12-16-7-5-4-6-8-16/h4-9,13,17,28H,10-12,14H2,1-3H3. The van der Waals surface area contributed by atoms with Crippen molar-refractivity contribution in [3.63, 3.8) is 0 Å². The van der Waals surface area contributed by atoms with E-state index in [0.29, 0.717) is 17.0 Å². The first kappa shape index (κ1) is 19.1. The van der Waals surface area contributed by atoms with Gasteiger partial charge in [-0.2, -0.15) is 5.10 Å². The number of hydrogen-bond donors (Lipinski definition) is 1. The molecule has 1 aliphatic rings. The summed E-state index contributed by atoms with van der Waals surface area (Å²) in [7, 11) is 6.09. The molecule has 3 aromatic rings. The van der Waals surface area contributed by atoms with Gasteiger partial charge in [-0.3, -0.25) is 0 Å². The number of anilines is 1. The summed E-state index contributed by atoms with van der Waals surface area (Å²) < 4.78 is 1.85. The van der Waals surface area contributed by atoms with Gasteiger partial charge in [0.15, 0.2) is 0 Å². The van der Waals surface area contributed by atoms with E-state index in [2.05, 4.69) is 52.0 Å². The summed E-state index contributed by atoms with van der Waals surface area (Å²) in [5, 5.41) is 14.7. The molecule has 0 amide bonds. The zero-order valence-corrected chi connectivity index (χ0v) is 16.8. The molecule has 0 bridgehead atoms. The zero-order valence-electron chi connectivity index (χ0n) is 16.8. The minimum Gasteiger partial charge on any atom is -0.400 e. The van der Waals surface area contributed by atoms with Crippen molar-refractivity contribution in [2.24, 2.45) is 5.92 Å². The maximum absolute atomic E-state index is 10.2. The molecular weight excluding hydrogens is 346 g/mol. The van der Waals surface area contributed by atoms with Crippen LogP contribution < -0.4 is 10.3 Å². The third kappa shape index (κ3) is 3.81. The number of hydrogen-bond acceptors (Lipinski definition) is 4. The van der Waals surface area contributed by atoms with Crippen LogP contribution in [0.5, 0.6) is 0 Å². The van der Waals surface area contributed by atoms with Crippen LogP contribution in [0.3, 0.4) is 0 Å². The van der Waals surface area contributed by atoms with E-state index in [0.717, 1.165) is 37.2 Å². The largest absolute Gasteiger partial charge is 0.400 e. The van der Waals surface area contributed by atoms with Crippen LogP contribution in [0.4, 0.5) is 5.82 Å². The average Bonchev–Trinajstić information content (AvgIpc) is 2.99. The van der Waals surface area contributed by atoms with Gasteiger partial charge >= 0.3 is 0 Å². The van der Waals surface area contributed by atoms with E-state index in [1.54, 1.807) is 6.20 Å². The minimum absolute atomic E-state index is 0.267. The third-order valence-corrected chi connectivity index (χ3v) is 5.72. The second-order valence-electron chi connectivity index (χ2n) is 8.55. The maximum atomic E-state index is 10.2. The number of fused-ring (bicyclic) bond motifs is 1. The Kier molecular flexibility index (Phi) is 4.96. The molecule has 2 radical (unpaired) electrons. The maximum Gasteiger partial charge on any atom is 0.257 e. The molecule has 0 saturated heterocycles. The van der Waals surface area contributed by atoms with Crippen molar-refractivity contribution < 1.29 is 5.11 Å². The molecule has 0 unspecified atom stereocenters. The van der Waals surface area contributed by atoms with E-state index >= 15 is 0 Å². The lowest BCUT2D eigenvalue weighted by Gasteiger charge is -2.44. The fourth-order valence-electron chi connectivity index (χ4n) is 4.44. The molecule has 2 heterocycles. The summed E-state index contributed by atoms with van der Waals surface area (Å²) in [6, 6.07) is 12.6. The van der Waals surface area contributed by atoms with E-state index in [1.165, 1.54) is 5.56 Å². The Labute approximate surface area is 168 Å². The molecular formula is C21H26B2N4O. The summed E-state index contributed by atoms with van der Waals surface area (Å²) in [6.07, 6.45) is 4.26. The van der Waals surface area contributed by atoms with Crippen LogP contribution in [-0.4, -0.2) is 46.5 Å². The molecule has 1 aliphatic carbocycles. The fourth-order valence-corrected chi connectivity index (χ4v) is 4.44. The van der Waals surface area contributed by atoms with Crippen molar-refractivity contribution in [2.45, 2.75) is 45.4 Å². The molecule has 142 valence electrons. The van der Waals surface area contributed by atoms with Gasteiger partial charge in [0.1, 0.15) is 19.3 Å². The van der Waals surface area contributed by atoms with Crippen LogP contribution in [-0.2, 0) is 6.32 Å². The Hall–Kier alpha value is -2.27. The van der Waals surface area contributed by atoms with Gasteiger partial charge in [0.2, 0.25) is 0 Å². The number of aliphatic hydroxyl groups is 1. The lowest BCUT2D eigenvalue weighted by molar-refractivity contribution is -0.0533. The van der Waals surface area contributed by atoms with Gasteiger partial charge in [-0.25, -0.2) is 9.50 Å². The predicted molar refractivity (Wildman–Crippen MR) is 116 cm³/mol. The molecule has 0 aliphatic heterocycles. The number of aryl methyl sites for hydroxylation is 1. The SMILES string of the molecule is [B]c1cnn2c(N(CC3CC(C)(O)C3)B(C)Cc3ccccc3)cc(C)nc12. The Morgan fingerprint density at radius 2 is 2.04 bits per heavy atom. The van der Waals surface area contributed by atoms with Gasteiger partial charge < -0.3 is 9.92 Å². The normalized spacial score (nSPS) is 21.5. The van der Waals surface area contributed by atoms with Gasteiger partial charge in [-0.15, -0.1) is 0 Å². The van der Waals surface area contributed by atoms with Crippen molar-refractivity contribution in [1.29, 1.82) is 0 Å². The molecule has 5 nitrogen and oxygen atoms in total. The van der Waals surface area contributed by atoms with E-state index in [-0.39, 0.29) is 6.85 Å². The van der Waals surface area contributed by atoms with E-state index in [1.807, 2.05) is 24.4 Å². The van der Waals surface area contributed by atoms with Crippen molar-refractivity contribution in [3.05, 3.63) is 53.9 Å². The van der Waals surface area contributed by atoms with Crippen LogP contribution in [0, 0.1) is 12.8 Å². The van der Waals surface area contributed by atoms with Crippen molar-refractivity contribution >= 4 is 31.6 Å². The second kappa shape index (κ2) is 7.28. The number of benzene rings is 1. The number of aromatic nitrogens is 3. The second-order valence-corrected chi connectivity index (χ2v) is 8.55. The highest BCUT2D eigenvalue weighted by Gasteiger charge is 2.40. The molecule has 7 heteroatoms. The van der Waals surface area contributed by atoms with Crippen molar-refractivity contribution in [1.82, 2.24) is 14.6 Å². The molecule has 1 fully saturated rings. The summed E-state index contributed by atoms with van der Waals surface area (Å²) >= 11 is 0. The Bertz CT molecular complexity index is 965. The summed E-state index contributed by atoms with van der Waals surface area (Å²) in [4.78, 5) is 6.97. The Morgan fingerprint density at radius 3 is 2.71 bits per heavy atom. The van der Waals surface area contributed by atoms with Crippen molar-refractivity contribution in [3.8, 4) is 0 Å². The van der Waals surface area contributed by atoms with Crippen molar-refractivity contribution in [2.75, 3.05) is 11.4 Å². The van der Waals surface area contributed by atoms with Gasteiger partial charge in [-0.1, -0.05) is 42.7 Å². The minimum atomic E-state index is -0.529. The average molecular weight is 372 g/mol. The highest BCUT2D eigenvalue weighted by Crippen LogP contribution is 2.38. The van der Waals surface area contributed by atoms with Crippen LogP contribution in [0.25, 0.3) is 5.65 Å². The quantitative estimate of drug-likeness (QED) is 0.675. The van der Waals surface area contributed by atoms with Gasteiger partial charge in [-0.05, 0) is 44.4 Å². The number of rotatable bonds is 6. The third-order valence-electron chi connectivity index (χ3n) is 5.72. The topological polar surface area (TPSA) is 53.7 Å². The smallest absolute Gasteiger partial charge is 0.257 e. The lowest BCUT2D eigenvalue weighted by Crippen LogP contribution is -2.50. The first-order chi connectivity index (χ1) is 13.3. The highest BCUT2D eigenvalue weighted by atomic mass is 16.3. The monoisotopic (exact) mass is 372 g/mol. The Morgan fingerprint density at radius 1 is 1.32 bits per heavy atom. The molecule has 0 atom stereocenters. The van der Waals surface area contributed by atoms with Crippen LogP contribution in [0.15, 0.2) is 42.6 Å². The van der Waals surface area contributed by atoms with Gasteiger partial charge in [0.05, 0.1) is 5.60 Å². The van der Waals surface area contributed by atoms with E-state index in [9.17, 15) is 5.11 Å². The summed E-state index contributed by atoms with van der Waals surface area (Å²) in [6.45, 7) is 7.30. The Balaban J connectivity index is 1.68.